The Labute approximate surface area is 252 Å². The van der Waals surface area contributed by atoms with Crippen molar-refractivity contribution >= 4 is 17.4 Å². The van der Waals surface area contributed by atoms with Crippen molar-refractivity contribution in [2.45, 2.75) is 26.0 Å². The van der Waals surface area contributed by atoms with Crippen molar-refractivity contribution < 1.29 is 33.6 Å². The first kappa shape index (κ1) is 30.1. The molecule has 2 fully saturated rings. The standard InChI is InChI=1S/C34H38N2O7/c1-3-42-27-13-10-25(11-14-27)32(37)30-31(36(34(39)33(30)38)17-7-16-35-18-20-41-21-19-35)26-12-15-28(29(22-26)40-2)43-23-24-8-5-4-6-9-24/h4-6,8-15,22,31,37H,3,7,16-21,23H2,1-2H3/b32-30+. The second-order valence-electron chi connectivity index (χ2n) is 10.4. The van der Waals surface area contributed by atoms with Crippen LogP contribution >= 0.6 is 0 Å². The molecule has 1 unspecified atom stereocenters. The third-order valence-corrected chi connectivity index (χ3v) is 7.70. The predicted molar refractivity (Wildman–Crippen MR) is 162 cm³/mol. The molecule has 2 saturated heterocycles. The number of Topliss-reactive ketones (excluding diaryl/α,β-unsaturated/α-hetero) is 1. The Morgan fingerprint density at radius 3 is 2.37 bits per heavy atom. The molecule has 5 rings (SSSR count). The summed E-state index contributed by atoms with van der Waals surface area (Å²) in [6.07, 6.45) is 0.669. The molecule has 2 aliphatic heterocycles. The molecular weight excluding hydrogens is 548 g/mol. The average Bonchev–Trinajstić information content (AvgIpc) is 3.30. The molecule has 2 heterocycles. The number of aliphatic hydroxyl groups is 1. The van der Waals surface area contributed by atoms with Crippen LogP contribution in [0.25, 0.3) is 5.76 Å². The minimum Gasteiger partial charge on any atom is -0.507 e. The van der Waals surface area contributed by atoms with E-state index in [0.717, 1.165) is 25.2 Å². The lowest BCUT2D eigenvalue weighted by atomic mass is 9.95. The van der Waals surface area contributed by atoms with E-state index in [1.54, 1.807) is 48.4 Å². The van der Waals surface area contributed by atoms with Gasteiger partial charge >= 0.3 is 0 Å². The predicted octanol–water partition coefficient (Wildman–Crippen LogP) is 4.82. The van der Waals surface area contributed by atoms with E-state index in [1.807, 2.05) is 43.3 Å². The van der Waals surface area contributed by atoms with Crippen molar-refractivity contribution in [1.82, 2.24) is 9.80 Å². The maximum Gasteiger partial charge on any atom is 0.295 e. The molecular formula is C34H38N2O7. The number of hydrogen-bond donors (Lipinski definition) is 1. The maximum atomic E-state index is 13.5. The van der Waals surface area contributed by atoms with Crippen molar-refractivity contribution in [2.75, 3.05) is 53.1 Å². The number of carbonyl (C=O) groups is 2. The van der Waals surface area contributed by atoms with Gasteiger partial charge in [-0.05, 0) is 60.9 Å². The molecule has 226 valence electrons. The molecule has 0 aromatic heterocycles. The SMILES string of the molecule is CCOc1ccc(/C(O)=C2\C(=O)C(=O)N(CCCN3CCOCC3)C2c2ccc(OCc3ccccc3)c(OC)c2)cc1. The quantitative estimate of drug-likeness (QED) is 0.183. The van der Waals surface area contributed by atoms with Crippen LogP contribution in [-0.2, 0) is 20.9 Å². The van der Waals surface area contributed by atoms with E-state index in [1.165, 1.54) is 0 Å². The highest BCUT2D eigenvalue weighted by Gasteiger charge is 2.46. The first-order chi connectivity index (χ1) is 21.0. The summed E-state index contributed by atoms with van der Waals surface area (Å²) in [6.45, 7) is 6.91. The topological polar surface area (TPSA) is 97.8 Å². The Balaban J connectivity index is 1.47. The summed E-state index contributed by atoms with van der Waals surface area (Å²) in [5, 5.41) is 11.5. The lowest BCUT2D eigenvalue weighted by molar-refractivity contribution is -0.140. The molecule has 9 heteroatoms. The number of rotatable bonds is 12. The maximum absolute atomic E-state index is 13.5. The van der Waals surface area contributed by atoms with Crippen LogP contribution in [0.5, 0.6) is 17.2 Å². The zero-order valence-corrected chi connectivity index (χ0v) is 24.7. The van der Waals surface area contributed by atoms with Crippen LogP contribution in [0.15, 0.2) is 78.4 Å². The van der Waals surface area contributed by atoms with Crippen molar-refractivity contribution in [3.63, 3.8) is 0 Å². The van der Waals surface area contributed by atoms with Crippen LogP contribution < -0.4 is 14.2 Å². The number of amides is 1. The zero-order valence-electron chi connectivity index (χ0n) is 24.7. The van der Waals surface area contributed by atoms with Gasteiger partial charge in [-0.3, -0.25) is 14.5 Å². The van der Waals surface area contributed by atoms with Gasteiger partial charge in [0.1, 0.15) is 18.1 Å². The fraction of sp³-hybridized carbons (Fsp3) is 0.353. The monoisotopic (exact) mass is 586 g/mol. The fourth-order valence-electron chi connectivity index (χ4n) is 5.49. The molecule has 0 saturated carbocycles. The number of nitrogens with zero attached hydrogens (tertiary/aromatic N) is 2. The van der Waals surface area contributed by atoms with Gasteiger partial charge in [0, 0.05) is 31.7 Å². The van der Waals surface area contributed by atoms with Crippen LogP contribution in [0.3, 0.4) is 0 Å². The van der Waals surface area contributed by atoms with Gasteiger partial charge in [0.05, 0.1) is 38.5 Å². The first-order valence-electron chi connectivity index (χ1n) is 14.7. The molecule has 0 spiro atoms. The third kappa shape index (κ3) is 7.01. The minimum absolute atomic E-state index is 0.0422. The van der Waals surface area contributed by atoms with Gasteiger partial charge in [0.2, 0.25) is 0 Å². The van der Waals surface area contributed by atoms with Gasteiger partial charge in [-0.25, -0.2) is 0 Å². The summed E-state index contributed by atoms with van der Waals surface area (Å²) < 4.78 is 22.7. The number of aliphatic hydroxyl groups excluding tert-OH is 1. The molecule has 0 aliphatic carbocycles. The molecule has 3 aromatic rings. The van der Waals surface area contributed by atoms with Gasteiger partial charge < -0.3 is 29.0 Å². The van der Waals surface area contributed by atoms with E-state index in [4.69, 9.17) is 18.9 Å². The number of morpholine rings is 1. The second kappa shape index (κ2) is 14.2. The van der Waals surface area contributed by atoms with Crippen molar-refractivity contribution in [3.8, 4) is 17.2 Å². The highest BCUT2D eigenvalue weighted by Crippen LogP contribution is 2.42. The third-order valence-electron chi connectivity index (χ3n) is 7.70. The summed E-state index contributed by atoms with van der Waals surface area (Å²) in [4.78, 5) is 30.8. The van der Waals surface area contributed by atoms with Gasteiger partial charge in [0.15, 0.2) is 11.5 Å². The Hall–Kier alpha value is -4.34. The van der Waals surface area contributed by atoms with Crippen LogP contribution in [-0.4, -0.2) is 79.7 Å². The van der Waals surface area contributed by atoms with Gasteiger partial charge in [-0.2, -0.15) is 0 Å². The Morgan fingerprint density at radius 1 is 0.930 bits per heavy atom. The Morgan fingerprint density at radius 2 is 1.67 bits per heavy atom. The molecule has 0 bridgehead atoms. The Kier molecular flexibility index (Phi) is 9.96. The van der Waals surface area contributed by atoms with E-state index in [-0.39, 0.29) is 11.3 Å². The number of benzene rings is 3. The number of carbonyl (C=O) groups excluding carboxylic acids is 2. The molecule has 3 aromatic carbocycles. The smallest absolute Gasteiger partial charge is 0.295 e. The average molecular weight is 587 g/mol. The molecule has 2 aliphatic rings. The van der Waals surface area contributed by atoms with E-state index >= 15 is 0 Å². The van der Waals surface area contributed by atoms with Gasteiger partial charge in [-0.1, -0.05) is 36.4 Å². The van der Waals surface area contributed by atoms with Crippen molar-refractivity contribution in [1.29, 1.82) is 0 Å². The normalized spacial score (nSPS) is 18.6. The highest BCUT2D eigenvalue weighted by atomic mass is 16.5. The molecule has 1 amide bonds. The summed E-state index contributed by atoms with van der Waals surface area (Å²) in [5.74, 6) is 0.0636. The lowest BCUT2D eigenvalue weighted by Crippen LogP contribution is -2.39. The van der Waals surface area contributed by atoms with E-state index in [9.17, 15) is 14.7 Å². The van der Waals surface area contributed by atoms with Gasteiger partial charge in [0.25, 0.3) is 11.7 Å². The highest BCUT2D eigenvalue weighted by molar-refractivity contribution is 6.46. The summed E-state index contributed by atoms with van der Waals surface area (Å²) in [6, 6.07) is 21.2. The second-order valence-corrected chi connectivity index (χ2v) is 10.4. The number of ketones is 1. The van der Waals surface area contributed by atoms with Crippen LogP contribution in [0, 0.1) is 0 Å². The van der Waals surface area contributed by atoms with Gasteiger partial charge in [-0.15, -0.1) is 0 Å². The number of likely N-dealkylation sites (tertiary alicyclic amines) is 1. The number of ether oxygens (including phenoxy) is 4. The fourth-order valence-corrected chi connectivity index (χ4v) is 5.49. The Bertz CT molecular complexity index is 1430. The molecule has 9 nitrogen and oxygen atoms in total. The van der Waals surface area contributed by atoms with Crippen molar-refractivity contribution in [2.24, 2.45) is 0 Å². The number of methoxy groups -OCH3 is 1. The summed E-state index contributed by atoms with van der Waals surface area (Å²) in [7, 11) is 1.55. The minimum atomic E-state index is -0.798. The van der Waals surface area contributed by atoms with Crippen LogP contribution in [0.2, 0.25) is 0 Å². The van der Waals surface area contributed by atoms with Crippen LogP contribution in [0.1, 0.15) is 36.1 Å². The van der Waals surface area contributed by atoms with Crippen LogP contribution in [0.4, 0.5) is 0 Å². The summed E-state index contributed by atoms with van der Waals surface area (Å²) in [5.41, 5.74) is 2.12. The molecule has 1 atom stereocenters. The largest absolute Gasteiger partial charge is 0.507 e. The molecule has 43 heavy (non-hydrogen) atoms. The van der Waals surface area contributed by atoms with E-state index in [2.05, 4.69) is 4.90 Å². The lowest BCUT2D eigenvalue weighted by Gasteiger charge is -2.29. The molecule has 1 N–H and O–H groups in total. The van der Waals surface area contributed by atoms with E-state index < -0.39 is 17.7 Å². The summed E-state index contributed by atoms with van der Waals surface area (Å²) >= 11 is 0. The first-order valence-corrected chi connectivity index (χ1v) is 14.7. The number of hydrogen-bond acceptors (Lipinski definition) is 8. The van der Waals surface area contributed by atoms with Crippen molar-refractivity contribution in [3.05, 3.63) is 95.1 Å². The zero-order chi connectivity index (χ0) is 30.2. The van der Waals surface area contributed by atoms with E-state index in [0.29, 0.717) is 67.8 Å². The molecule has 0 radical (unpaired) electrons.